The van der Waals surface area contributed by atoms with Crippen LogP contribution in [-0.4, -0.2) is 81.1 Å². The maximum Gasteiger partial charge on any atom is 0.235 e. The molecule has 0 aliphatic heterocycles. The lowest BCUT2D eigenvalue weighted by Crippen LogP contribution is -2.77. The summed E-state index contributed by atoms with van der Waals surface area (Å²) in [6.07, 6.45) is 4.42. The van der Waals surface area contributed by atoms with E-state index in [1.165, 1.54) is 19.0 Å². The van der Waals surface area contributed by atoms with Gasteiger partial charge in [0.25, 0.3) is 0 Å². The summed E-state index contributed by atoms with van der Waals surface area (Å²) < 4.78 is 0. The van der Waals surface area contributed by atoms with Crippen LogP contribution in [0.5, 0.6) is 5.75 Å². The first kappa shape index (κ1) is 24.2. The minimum absolute atomic E-state index is 0.00184. The highest BCUT2D eigenvalue weighted by Crippen LogP contribution is 2.51. The van der Waals surface area contributed by atoms with Crippen molar-refractivity contribution >= 4 is 34.6 Å². The molecule has 0 aromatic heterocycles. The van der Waals surface area contributed by atoms with Gasteiger partial charge in [0, 0.05) is 11.5 Å². The Hall–Kier alpha value is -3.47. The van der Waals surface area contributed by atoms with Crippen LogP contribution in [0.15, 0.2) is 30.4 Å². The Balaban J connectivity index is 1.66. The van der Waals surface area contributed by atoms with Crippen LogP contribution in [0.1, 0.15) is 27.9 Å². The van der Waals surface area contributed by atoms with Crippen LogP contribution in [0, 0.1) is 23.7 Å². The third-order valence-electron chi connectivity index (χ3n) is 8.14. The number of allylic oxidation sites excluding steroid dienone is 4. The number of amides is 1. The van der Waals surface area contributed by atoms with Gasteiger partial charge in [-0.3, -0.25) is 28.9 Å². The Labute approximate surface area is 206 Å². The minimum Gasteiger partial charge on any atom is -0.507 e. The number of likely N-dealkylation sites (N-methyl/N-ethyl adjacent to an activating group) is 1. The third kappa shape index (κ3) is 2.98. The van der Waals surface area contributed by atoms with Crippen LogP contribution in [0.25, 0.3) is 5.57 Å². The second-order valence-corrected chi connectivity index (χ2v) is 10.2. The molecule has 2 unspecified atom stereocenters. The van der Waals surface area contributed by atoms with Crippen molar-refractivity contribution in [1.29, 1.82) is 0 Å². The van der Waals surface area contributed by atoms with Crippen molar-refractivity contribution in [2.45, 2.75) is 30.6 Å². The van der Waals surface area contributed by atoms with Crippen LogP contribution in [0.4, 0.5) is 0 Å². The minimum atomic E-state index is -2.98. The zero-order valence-electron chi connectivity index (χ0n) is 19.7. The SMILES string of the molecule is CN(C)[C@H]1C(=O)C(C(N)=O)C(=O)[C@]2(O)C(=O)C3C(=O)c4c(ccc(C5=CC=CC5)c4O)C[C@@H]3[C@@H](O)[C@H]12. The van der Waals surface area contributed by atoms with Gasteiger partial charge in [-0.15, -0.1) is 0 Å². The number of carbonyl (C=O) groups is 5. The molecule has 1 amide bonds. The summed E-state index contributed by atoms with van der Waals surface area (Å²) in [7, 11) is 2.90. The average molecular weight is 495 g/mol. The molecule has 36 heavy (non-hydrogen) atoms. The fourth-order valence-corrected chi connectivity index (χ4v) is 6.50. The molecule has 2 fully saturated rings. The van der Waals surface area contributed by atoms with Crippen LogP contribution >= 0.6 is 0 Å². The Morgan fingerprint density at radius 2 is 1.83 bits per heavy atom. The number of nitrogens with zero attached hydrogens (tertiary/aromatic N) is 1. The number of fused-ring (bicyclic) bond motifs is 3. The molecule has 5 rings (SSSR count). The van der Waals surface area contributed by atoms with Gasteiger partial charge in [0.1, 0.15) is 5.75 Å². The molecule has 0 saturated heterocycles. The van der Waals surface area contributed by atoms with Crippen molar-refractivity contribution in [3.8, 4) is 5.75 Å². The fourth-order valence-electron chi connectivity index (χ4n) is 6.50. The highest BCUT2D eigenvalue weighted by atomic mass is 16.3. The van der Waals surface area contributed by atoms with Crippen LogP contribution in [-0.2, 0) is 25.6 Å². The molecule has 4 aliphatic carbocycles. The van der Waals surface area contributed by atoms with Gasteiger partial charge >= 0.3 is 0 Å². The zero-order valence-corrected chi connectivity index (χ0v) is 19.7. The number of aliphatic hydroxyl groups is 2. The first-order valence-corrected chi connectivity index (χ1v) is 11.7. The summed E-state index contributed by atoms with van der Waals surface area (Å²) in [5.74, 6) is -12.4. The van der Waals surface area contributed by atoms with E-state index in [0.717, 1.165) is 5.57 Å². The molecule has 5 N–H and O–H groups in total. The molecule has 1 aromatic rings. The van der Waals surface area contributed by atoms with Gasteiger partial charge in [-0.25, -0.2) is 0 Å². The summed E-state index contributed by atoms with van der Waals surface area (Å²) in [4.78, 5) is 67.2. The molecule has 0 radical (unpaired) electrons. The van der Waals surface area contributed by atoms with Crippen molar-refractivity contribution in [2.75, 3.05) is 14.1 Å². The largest absolute Gasteiger partial charge is 0.507 e. The van der Waals surface area contributed by atoms with E-state index in [9.17, 15) is 39.3 Å². The first-order chi connectivity index (χ1) is 16.9. The molecular formula is C26H26N2O8. The van der Waals surface area contributed by atoms with E-state index in [1.807, 2.05) is 12.2 Å². The molecule has 0 heterocycles. The van der Waals surface area contributed by atoms with Gasteiger partial charge in [-0.2, -0.15) is 0 Å². The third-order valence-corrected chi connectivity index (χ3v) is 8.14. The number of Topliss-reactive ketones (excluding diaryl/α,β-unsaturated/α-hetero) is 4. The van der Waals surface area contributed by atoms with Crippen LogP contribution in [0.3, 0.4) is 0 Å². The number of hydrogen-bond donors (Lipinski definition) is 4. The molecule has 0 spiro atoms. The van der Waals surface area contributed by atoms with E-state index in [2.05, 4.69) is 0 Å². The van der Waals surface area contributed by atoms with Crippen molar-refractivity contribution in [3.05, 3.63) is 47.1 Å². The highest BCUT2D eigenvalue weighted by molar-refractivity contribution is 6.32. The van der Waals surface area contributed by atoms with Crippen molar-refractivity contribution in [1.82, 2.24) is 4.90 Å². The molecule has 7 atom stereocenters. The summed E-state index contributed by atoms with van der Waals surface area (Å²) in [5, 5.41) is 34.0. The molecule has 10 heteroatoms. The van der Waals surface area contributed by atoms with Crippen molar-refractivity contribution in [3.63, 3.8) is 0 Å². The number of phenols is 1. The van der Waals surface area contributed by atoms with Gasteiger partial charge in [0.05, 0.1) is 29.5 Å². The summed E-state index contributed by atoms with van der Waals surface area (Å²) in [6.45, 7) is 0. The molecule has 10 nitrogen and oxygen atoms in total. The number of ketones is 4. The lowest BCUT2D eigenvalue weighted by Gasteiger charge is -2.54. The quantitative estimate of drug-likeness (QED) is 0.391. The topological polar surface area (TPSA) is 175 Å². The zero-order chi connectivity index (χ0) is 26.3. The molecule has 1 aromatic carbocycles. The summed E-state index contributed by atoms with van der Waals surface area (Å²) in [6, 6.07) is 1.94. The normalized spacial score (nSPS) is 35.4. The van der Waals surface area contributed by atoms with E-state index < -0.39 is 70.5 Å². The number of aromatic hydroxyl groups is 1. The summed E-state index contributed by atoms with van der Waals surface area (Å²) >= 11 is 0. The molecular weight excluding hydrogens is 468 g/mol. The molecule has 0 bridgehead atoms. The van der Waals surface area contributed by atoms with Crippen molar-refractivity contribution < 1.29 is 39.3 Å². The van der Waals surface area contributed by atoms with Gasteiger partial charge in [0.15, 0.2) is 34.7 Å². The highest BCUT2D eigenvalue weighted by Gasteiger charge is 2.72. The number of rotatable bonds is 3. The number of phenolic OH excluding ortho intramolecular Hbond substituents is 1. The number of primary amides is 1. The Morgan fingerprint density at radius 1 is 1.14 bits per heavy atom. The molecule has 2 saturated carbocycles. The Morgan fingerprint density at radius 3 is 2.42 bits per heavy atom. The number of hydrogen-bond acceptors (Lipinski definition) is 9. The number of aliphatic hydroxyl groups excluding tert-OH is 1. The lowest BCUT2D eigenvalue weighted by atomic mass is 9.51. The van der Waals surface area contributed by atoms with E-state index in [1.54, 1.807) is 18.2 Å². The Bertz CT molecular complexity index is 1310. The number of carbonyl (C=O) groups excluding carboxylic acids is 5. The number of nitrogens with two attached hydrogens (primary N) is 1. The predicted octanol–water partition coefficient (Wildman–Crippen LogP) is -0.819. The monoisotopic (exact) mass is 494 g/mol. The van der Waals surface area contributed by atoms with E-state index in [-0.39, 0.29) is 17.7 Å². The first-order valence-electron chi connectivity index (χ1n) is 11.7. The van der Waals surface area contributed by atoms with Crippen LogP contribution in [0.2, 0.25) is 0 Å². The van der Waals surface area contributed by atoms with Crippen LogP contribution < -0.4 is 5.73 Å². The maximum atomic E-state index is 13.8. The van der Waals surface area contributed by atoms with E-state index in [0.29, 0.717) is 17.5 Å². The van der Waals surface area contributed by atoms with E-state index in [4.69, 9.17) is 5.73 Å². The molecule has 4 aliphatic rings. The average Bonchev–Trinajstić information content (AvgIpc) is 3.33. The van der Waals surface area contributed by atoms with Crippen molar-refractivity contribution in [2.24, 2.45) is 29.4 Å². The second-order valence-electron chi connectivity index (χ2n) is 10.2. The lowest BCUT2D eigenvalue weighted by molar-refractivity contribution is -0.195. The van der Waals surface area contributed by atoms with E-state index >= 15 is 0 Å². The standard InChI is InChI=1S/C26H26N2O8/c1-28(2)18-17-20(30)13-9-11-7-8-12(10-5-3-4-6-10)19(29)14(11)21(31)15(13)23(33)26(17,36)24(34)16(22(18)32)25(27)35/h3-5,7-8,13,15-18,20,29-30,36H,6,9H2,1-2H3,(H2,27,35)/t13-,15?,16?,17-,18+,20+,26+/m0/s1. The maximum absolute atomic E-state index is 13.8. The molecule has 188 valence electrons. The number of benzene rings is 1. The predicted molar refractivity (Wildman–Crippen MR) is 124 cm³/mol. The van der Waals surface area contributed by atoms with Gasteiger partial charge < -0.3 is 21.1 Å². The summed E-state index contributed by atoms with van der Waals surface area (Å²) in [5.41, 5.74) is 3.82. The fraction of sp³-hybridized carbons (Fsp3) is 0.423. The second kappa shape index (κ2) is 8.02. The van der Waals surface area contributed by atoms with Gasteiger partial charge in [-0.1, -0.05) is 30.4 Å². The van der Waals surface area contributed by atoms with Gasteiger partial charge in [0.2, 0.25) is 5.91 Å². The Kier molecular flexibility index (Phi) is 5.40. The van der Waals surface area contributed by atoms with Gasteiger partial charge in [-0.05, 0) is 38.1 Å². The smallest absolute Gasteiger partial charge is 0.235 e.